The van der Waals surface area contributed by atoms with E-state index >= 15 is 0 Å². The van der Waals surface area contributed by atoms with Crippen molar-refractivity contribution in [3.63, 3.8) is 0 Å². The van der Waals surface area contributed by atoms with Gasteiger partial charge in [-0.25, -0.2) is 4.98 Å². The molecule has 0 aliphatic heterocycles. The second-order valence-corrected chi connectivity index (χ2v) is 6.30. The number of rotatable bonds is 6. The largest absolute Gasteiger partial charge is 0.497 e. The number of nitrogens with two attached hydrogens (primary N) is 1. The summed E-state index contributed by atoms with van der Waals surface area (Å²) in [7, 11) is 1.69. The lowest BCUT2D eigenvalue weighted by Crippen LogP contribution is -2.24. The molecular formula is C15H19N3OS. The Bertz CT molecular complexity index is 563. The minimum atomic E-state index is 0.653. The summed E-state index contributed by atoms with van der Waals surface area (Å²) >= 11 is 1.58. The lowest BCUT2D eigenvalue weighted by Gasteiger charge is -2.21. The van der Waals surface area contributed by atoms with E-state index in [-0.39, 0.29) is 0 Å². The van der Waals surface area contributed by atoms with Crippen LogP contribution in [-0.2, 0) is 13.1 Å². The minimum Gasteiger partial charge on any atom is -0.497 e. The van der Waals surface area contributed by atoms with Crippen molar-refractivity contribution in [2.24, 2.45) is 0 Å². The zero-order valence-corrected chi connectivity index (χ0v) is 12.4. The van der Waals surface area contributed by atoms with Crippen molar-refractivity contribution in [2.45, 2.75) is 32.0 Å². The van der Waals surface area contributed by atoms with E-state index in [0.717, 1.165) is 18.8 Å². The van der Waals surface area contributed by atoms with Crippen LogP contribution in [0.1, 0.15) is 23.3 Å². The van der Waals surface area contributed by atoms with Gasteiger partial charge in [0.15, 0.2) is 5.13 Å². The molecule has 2 aromatic rings. The molecule has 1 heterocycles. The summed E-state index contributed by atoms with van der Waals surface area (Å²) in [6.07, 6.45) is 4.48. The Labute approximate surface area is 123 Å². The number of thiazole rings is 1. The van der Waals surface area contributed by atoms with Crippen LogP contribution < -0.4 is 10.5 Å². The lowest BCUT2D eigenvalue weighted by atomic mass is 10.2. The van der Waals surface area contributed by atoms with Gasteiger partial charge in [-0.05, 0) is 30.5 Å². The van der Waals surface area contributed by atoms with Crippen LogP contribution in [0.5, 0.6) is 5.75 Å². The molecule has 2 N–H and O–H groups in total. The van der Waals surface area contributed by atoms with Crippen molar-refractivity contribution in [2.75, 3.05) is 12.8 Å². The van der Waals surface area contributed by atoms with Gasteiger partial charge in [-0.3, -0.25) is 4.90 Å². The smallest absolute Gasteiger partial charge is 0.180 e. The summed E-state index contributed by atoms with van der Waals surface area (Å²) in [6, 6.07) is 9.01. The second kappa shape index (κ2) is 5.81. The molecule has 1 aliphatic carbocycles. The number of nitrogens with zero attached hydrogens (tertiary/aromatic N) is 2. The Kier molecular flexibility index (Phi) is 3.89. The van der Waals surface area contributed by atoms with Gasteiger partial charge < -0.3 is 10.5 Å². The average molecular weight is 289 g/mol. The first-order chi connectivity index (χ1) is 9.74. The van der Waals surface area contributed by atoms with E-state index in [1.165, 1.54) is 23.3 Å². The third-order valence-electron chi connectivity index (χ3n) is 3.54. The van der Waals surface area contributed by atoms with Crippen LogP contribution in [0.3, 0.4) is 0 Å². The summed E-state index contributed by atoms with van der Waals surface area (Å²) in [4.78, 5) is 7.88. The van der Waals surface area contributed by atoms with E-state index in [2.05, 4.69) is 22.0 Å². The molecule has 1 aromatic carbocycles. The molecule has 0 spiro atoms. The third kappa shape index (κ3) is 3.29. The summed E-state index contributed by atoms with van der Waals surface area (Å²) in [5, 5.41) is 0.653. The van der Waals surface area contributed by atoms with Crippen molar-refractivity contribution in [3.05, 3.63) is 40.9 Å². The molecule has 20 heavy (non-hydrogen) atoms. The Morgan fingerprint density at radius 2 is 2.05 bits per heavy atom. The van der Waals surface area contributed by atoms with Gasteiger partial charge in [-0.2, -0.15) is 0 Å². The maximum Gasteiger partial charge on any atom is 0.180 e. The fraction of sp³-hybridized carbons (Fsp3) is 0.400. The topological polar surface area (TPSA) is 51.4 Å². The van der Waals surface area contributed by atoms with Crippen molar-refractivity contribution in [3.8, 4) is 5.75 Å². The molecular weight excluding hydrogens is 270 g/mol. The normalized spacial score (nSPS) is 14.7. The molecule has 5 heteroatoms. The fourth-order valence-corrected chi connectivity index (χ4v) is 3.02. The van der Waals surface area contributed by atoms with Crippen LogP contribution in [-0.4, -0.2) is 23.0 Å². The first-order valence-electron chi connectivity index (χ1n) is 6.82. The number of hydrogen-bond acceptors (Lipinski definition) is 5. The van der Waals surface area contributed by atoms with Gasteiger partial charge in [0, 0.05) is 30.2 Å². The van der Waals surface area contributed by atoms with Crippen LogP contribution in [0, 0.1) is 0 Å². The van der Waals surface area contributed by atoms with Gasteiger partial charge in [-0.15, -0.1) is 11.3 Å². The van der Waals surface area contributed by atoms with E-state index in [0.29, 0.717) is 11.2 Å². The van der Waals surface area contributed by atoms with Crippen LogP contribution in [0.15, 0.2) is 30.5 Å². The number of benzene rings is 1. The maximum absolute atomic E-state index is 5.71. The molecule has 0 unspecified atom stereocenters. The van der Waals surface area contributed by atoms with Crippen molar-refractivity contribution >= 4 is 16.5 Å². The predicted molar refractivity (Wildman–Crippen MR) is 81.8 cm³/mol. The first-order valence-corrected chi connectivity index (χ1v) is 7.63. The molecule has 1 fully saturated rings. The van der Waals surface area contributed by atoms with Crippen LogP contribution in [0.4, 0.5) is 5.13 Å². The number of hydrogen-bond donors (Lipinski definition) is 1. The highest BCUT2D eigenvalue weighted by Crippen LogP contribution is 2.31. The first kappa shape index (κ1) is 13.4. The Morgan fingerprint density at radius 1 is 1.30 bits per heavy atom. The lowest BCUT2D eigenvalue weighted by molar-refractivity contribution is 0.248. The number of aromatic nitrogens is 1. The van der Waals surface area contributed by atoms with E-state index in [1.54, 1.807) is 18.4 Å². The Balaban J connectivity index is 1.67. The van der Waals surface area contributed by atoms with Gasteiger partial charge in [0.05, 0.1) is 7.11 Å². The van der Waals surface area contributed by atoms with Crippen molar-refractivity contribution < 1.29 is 4.74 Å². The molecule has 0 bridgehead atoms. The molecule has 1 saturated carbocycles. The minimum absolute atomic E-state index is 0.653. The van der Waals surface area contributed by atoms with Gasteiger partial charge in [0.25, 0.3) is 0 Å². The number of anilines is 1. The molecule has 0 radical (unpaired) electrons. The SMILES string of the molecule is COc1ccc(CN(Cc2cnc(N)s2)C2CC2)cc1. The highest BCUT2D eigenvalue weighted by Gasteiger charge is 2.29. The Morgan fingerprint density at radius 3 is 2.60 bits per heavy atom. The number of methoxy groups -OCH3 is 1. The van der Waals surface area contributed by atoms with Gasteiger partial charge in [0.2, 0.25) is 0 Å². The zero-order chi connectivity index (χ0) is 13.9. The van der Waals surface area contributed by atoms with Crippen LogP contribution in [0.25, 0.3) is 0 Å². The van der Waals surface area contributed by atoms with E-state index in [1.807, 2.05) is 18.3 Å². The van der Waals surface area contributed by atoms with Gasteiger partial charge in [-0.1, -0.05) is 12.1 Å². The van der Waals surface area contributed by atoms with Crippen LogP contribution in [0.2, 0.25) is 0 Å². The molecule has 106 valence electrons. The molecule has 0 saturated heterocycles. The maximum atomic E-state index is 5.71. The zero-order valence-electron chi connectivity index (χ0n) is 11.6. The van der Waals surface area contributed by atoms with Gasteiger partial charge in [0.1, 0.15) is 5.75 Å². The average Bonchev–Trinajstić information content (AvgIpc) is 3.23. The quantitative estimate of drug-likeness (QED) is 0.888. The van der Waals surface area contributed by atoms with Gasteiger partial charge >= 0.3 is 0 Å². The van der Waals surface area contributed by atoms with Crippen LogP contribution >= 0.6 is 11.3 Å². The monoisotopic (exact) mass is 289 g/mol. The molecule has 4 nitrogen and oxygen atoms in total. The Hall–Kier alpha value is -1.59. The van der Waals surface area contributed by atoms with E-state index in [9.17, 15) is 0 Å². The van der Waals surface area contributed by atoms with E-state index < -0.39 is 0 Å². The fourth-order valence-electron chi connectivity index (χ4n) is 2.32. The summed E-state index contributed by atoms with van der Waals surface area (Å²) in [6.45, 7) is 1.90. The molecule has 3 rings (SSSR count). The standard InChI is InChI=1S/C15H19N3OS/c1-19-13-6-2-11(3-7-13)9-18(12-4-5-12)10-14-8-17-15(16)20-14/h2-3,6-8,12H,4-5,9-10H2,1H3,(H2,16,17). The highest BCUT2D eigenvalue weighted by atomic mass is 32.1. The summed E-state index contributed by atoms with van der Waals surface area (Å²) < 4.78 is 5.20. The molecule has 1 aromatic heterocycles. The summed E-state index contributed by atoms with van der Waals surface area (Å²) in [5.41, 5.74) is 7.02. The molecule has 0 amide bonds. The molecule has 0 atom stereocenters. The van der Waals surface area contributed by atoms with Crippen molar-refractivity contribution in [1.82, 2.24) is 9.88 Å². The molecule has 1 aliphatic rings. The highest BCUT2D eigenvalue weighted by molar-refractivity contribution is 7.15. The number of nitrogen functional groups attached to an aromatic ring is 1. The number of ether oxygens (including phenoxy) is 1. The third-order valence-corrected chi connectivity index (χ3v) is 4.35. The predicted octanol–water partition coefficient (Wildman–Crippen LogP) is 2.90. The summed E-state index contributed by atoms with van der Waals surface area (Å²) in [5.74, 6) is 0.905. The second-order valence-electron chi connectivity index (χ2n) is 5.15. The van der Waals surface area contributed by atoms with Crippen molar-refractivity contribution in [1.29, 1.82) is 0 Å². The van der Waals surface area contributed by atoms with E-state index in [4.69, 9.17) is 10.5 Å².